The SMILES string of the molecule is NC1(Cl)N=CC(C(F)(F)F)=CN1. The highest BCUT2D eigenvalue weighted by Gasteiger charge is 2.35. The van der Waals surface area contributed by atoms with E-state index in [-0.39, 0.29) is 0 Å². The van der Waals surface area contributed by atoms with Crippen molar-refractivity contribution < 1.29 is 13.2 Å². The van der Waals surface area contributed by atoms with E-state index in [2.05, 4.69) is 10.3 Å². The van der Waals surface area contributed by atoms with Gasteiger partial charge in [-0.2, -0.15) is 13.2 Å². The topological polar surface area (TPSA) is 50.4 Å². The van der Waals surface area contributed by atoms with Crippen molar-refractivity contribution in [3.8, 4) is 0 Å². The summed E-state index contributed by atoms with van der Waals surface area (Å²) in [5, 5.41) is 0.420. The number of rotatable bonds is 0. The fourth-order valence-electron chi connectivity index (χ4n) is 0.572. The van der Waals surface area contributed by atoms with Gasteiger partial charge >= 0.3 is 6.18 Å². The van der Waals surface area contributed by atoms with Crippen molar-refractivity contribution in [2.45, 2.75) is 11.4 Å². The molecule has 68 valence electrons. The molecule has 0 radical (unpaired) electrons. The van der Waals surface area contributed by atoms with E-state index in [1.165, 1.54) is 0 Å². The Kier molecular flexibility index (Phi) is 2.05. The second kappa shape index (κ2) is 2.63. The van der Waals surface area contributed by atoms with Crippen molar-refractivity contribution in [3.05, 3.63) is 11.8 Å². The Balaban J connectivity index is 2.78. The van der Waals surface area contributed by atoms with Crippen LogP contribution in [0, 0.1) is 0 Å². The molecule has 3 N–H and O–H groups in total. The summed E-state index contributed by atoms with van der Waals surface area (Å²) in [6.07, 6.45) is -3.16. The predicted molar refractivity (Wildman–Crippen MR) is 38.5 cm³/mol. The average Bonchev–Trinajstić information content (AvgIpc) is 1.83. The van der Waals surface area contributed by atoms with Gasteiger partial charge in [-0.3, -0.25) is 5.73 Å². The molecule has 0 aromatic rings. The van der Waals surface area contributed by atoms with Gasteiger partial charge in [-0.05, 0) is 0 Å². The molecule has 3 nitrogen and oxygen atoms in total. The van der Waals surface area contributed by atoms with Crippen LogP contribution in [0.4, 0.5) is 13.2 Å². The summed E-state index contributed by atoms with van der Waals surface area (Å²) >= 11 is 5.34. The Bertz CT molecular complexity index is 243. The highest BCUT2D eigenvalue weighted by Crippen LogP contribution is 2.26. The summed E-state index contributed by atoms with van der Waals surface area (Å²) in [5.74, 6) is 0. The number of nitrogens with one attached hydrogen (secondary N) is 1. The molecule has 1 rings (SSSR count). The Hall–Kier alpha value is -0.750. The van der Waals surface area contributed by atoms with Crippen LogP contribution >= 0.6 is 11.6 Å². The van der Waals surface area contributed by atoms with Crippen LogP contribution < -0.4 is 11.1 Å². The standard InChI is InChI=1S/C5H5ClF3N3/c6-5(10)11-1-3(2-12-5)4(7,8)9/h1-2,11H,10H2. The van der Waals surface area contributed by atoms with Crippen LogP contribution in [0.5, 0.6) is 0 Å². The molecule has 1 atom stereocenters. The third-order valence-electron chi connectivity index (χ3n) is 1.15. The largest absolute Gasteiger partial charge is 0.419 e. The molecule has 1 heterocycles. The predicted octanol–water partition coefficient (Wildman–Crippen LogP) is 0.915. The second-order valence-electron chi connectivity index (χ2n) is 2.17. The molecule has 7 heteroatoms. The maximum Gasteiger partial charge on any atom is 0.419 e. The van der Waals surface area contributed by atoms with Crippen molar-refractivity contribution in [1.29, 1.82) is 0 Å². The lowest BCUT2D eigenvalue weighted by Crippen LogP contribution is -2.46. The fraction of sp³-hybridized carbons (Fsp3) is 0.400. The number of hydrogen-bond donors (Lipinski definition) is 2. The third-order valence-corrected chi connectivity index (χ3v) is 1.36. The molecular weight excluding hydrogens is 195 g/mol. The lowest BCUT2D eigenvalue weighted by Gasteiger charge is -2.22. The van der Waals surface area contributed by atoms with Gasteiger partial charge in [0.2, 0.25) is 0 Å². The van der Waals surface area contributed by atoms with Crippen LogP contribution in [0.15, 0.2) is 16.8 Å². The molecule has 0 saturated carbocycles. The molecule has 1 aliphatic heterocycles. The van der Waals surface area contributed by atoms with Crippen LogP contribution in [-0.2, 0) is 0 Å². The van der Waals surface area contributed by atoms with E-state index in [0.717, 1.165) is 0 Å². The summed E-state index contributed by atoms with van der Waals surface area (Å²) in [6, 6.07) is 0. The number of halogens is 4. The Morgan fingerprint density at radius 3 is 2.50 bits per heavy atom. The van der Waals surface area contributed by atoms with Gasteiger partial charge in [0.05, 0.1) is 5.57 Å². The van der Waals surface area contributed by atoms with Gasteiger partial charge in [0.25, 0.3) is 5.25 Å². The van der Waals surface area contributed by atoms with Crippen LogP contribution in [0.3, 0.4) is 0 Å². The minimum atomic E-state index is -4.43. The van der Waals surface area contributed by atoms with E-state index in [4.69, 9.17) is 17.3 Å². The molecule has 1 unspecified atom stereocenters. The second-order valence-corrected chi connectivity index (χ2v) is 2.75. The normalized spacial score (nSPS) is 29.6. The van der Waals surface area contributed by atoms with Crippen molar-refractivity contribution >= 4 is 17.8 Å². The van der Waals surface area contributed by atoms with Gasteiger partial charge in [-0.15, -0.1) is 0 Å². The number of nitrogens with two attached hydrogens (primary N) is 1. The first-order valence-corrected chi connectivity index (χ1v) is 3.27. The Morgan fingerprint density at radius 1 is 1.58 bits per heavy atom. The zero-order chi connectivity index (χ0) is 9.41. The van der Waals surface area contributed by atoms with Gasteiger partial charge in [0, 0.05) is 12.4 Å². The van der Waals surface area contributed by atoms with Crippen molar-refractivity contribution in [2.75, 3.05) is 0 Å². The minimum Gasteiger partial charge on any atom is -0.342 e. The molecule has 0 amide bonds. The summed E-state index contributed by atoms with van der Waals surface area (Å²) in [4.78, 5) is 3.23. The van der Waals surface area contributed by atoms with Crippen LogP contribution in [0.25, 0.3) is 0 Å². The minimum absolute atomic E-state index is 0.587. The fourth-order valence-corrected chi connectivity index (χ4v) is 0.675. The van der Waals surface area contributed by atoms with E-state index in [0.29, 0.717) is 12.4 Å². The zero-order valence-corrected chi connectivity index (χ0v) is 6.45. The smallest absolute Gasteiger partial charge is 0.342 e. The maximum atomic E-state index is 11.9. The van der Waals surface area contributed by atoms with Gasteiger partial charge in [0.15, 0.2) is 0 Å². The first-order valence-electron chi connectivity index (χ1n) is 2.89. The van der Waals surface area contributed by atoms with Gasteiger partial charge in [0.1, 0.15) is 0 Å². The molecule has 1 aliphatic rings. The van der Waals surface area contributed by atoms with Crippen molar-refractivity contribution in [1.82, 2.24) is 5.32 Å². The average molecular weight is 200 g/mol. The van der Waals surface area contributed by atoms with E-state index in [1.807, 2.05) is 0 Å². The lowest BCUT2D eigenvalue weighted by molar-refractivity contribution is -0.0862. The summed E-state index contributed by atoms with van der Waals surface area (Å²) < 4.78 is 35.7. The van der Waals surface area contributed by atoms with Crippen molar-refractivity contribution in [2.24, 2.45) is 10.7 Å². The highest BCUT2D eigenvalue weighted by molar-refractivity contribution is 6.23. The summed E-state index contributed by atoms with van der Waals surface area (Å²) in [5.41, 5.74) is 4.22. The molecule has 0 saturated heterocycles. The lowest BCUT2D eigenvalue weighted by atomic mass is 10.3. The first-order chi connectivity index (χ1) is 5.31. The Morgan fingerprint density at radius 2 is 2.17 bits per heavy atom. The third kappa shape index (κ3) is 2.12. The molecular formula is C5H5ClF3N3. The molecule has 0 spiro atoms. The van der Waals surface area contributed by atoms with E-state index >= 15 is 0 Å². The molecule has 0 fully saturated rings. The Labute approximate surface area is 71.1 Å². The number of aliphatic imine (C=N–C) groups is 1. The summed E-state index contributed by atoms with van der Waals surface area (Å²) in [7, 11) is 0. The molecule has 0 aromatic carbocycles. The highest BCUT2D eigenvalue weighted by atomic mass is 35.5. The molecule has 0 aliphatic carbocycles. The first kappa shape index (κ1) is 9.34. The summed E-state index contributed by atoms with van der Waals surface area (Å²) in [6.45, 7) is 0. The van der Waals surface area contributed by atoms with Gasteiger partial charge < -0.3 is 5.32 Å². The van der Waals surface area contributed by atoms with E-state index in [9.17, 15) is 13.2 Å². The van der Waals surface area contributed by atoms with Crippen LogP contribution in [0.2, 0.25) is 0 Å². The quantitative estimate of drug-likeness (QED) is 0.450. The molecule has 12 heavy (non-hydrogen) atoms. The molecule has 0 aromatic heterocycles. The van der Waals surface area contributed by atoms with Gasteiger partial charge in [-0.25, -0.2) is 4.99 Å². The zero-order valence-electron chi connectivity index (χ0n) is 5.69. The number of alkyl halides is 4. The maximum absolute atomic E-state index is 11.9. The number of allylic oxidation sites excluding steroid dienone is 1. The van der Waals surface area contributed by atoms with E-state index < -0.39 is 17.0 Å². The number of nitrogens with zero attached hydrogens (tertiary/aromatic N) is 1. The van der Waals surface area contributed by atoms with E-state index in [1.54, 1.807) is 0 Å². The van der Waals surface area contributed by atoms with Gasteiger partial charge in [-0.1, -0.05) is 11.6 Å². The van der Waals surface area contributed by atoms with Crippen LogP contribution in [-0.4, -0.2) is 17.6 Å². The number of hydrogen-bond acceptors (Lipinski definition) is 3. The van der Waals surface area contributed by atoms with Crippen LogP contribution in [0.1, 0.15) is 0 Å². The monoisotopic (exact) mass is 199 g/mol. The van der Waals surface area contributed by atoms with Crippen molar-refractivity contribution in [3.63, 3.8) is 0 Å². The molecule has 0 bridgehead atoms.